The van der Waals surface area contributed by atoms with Gasteiger partial charge in [-0.3, -0.25) is 4.79 Å². The Morgan fingerprint density at radius 3 is 2.61 bits per heavy atom. The summed E-state index contributed by atoms with van der Waals surface area (Å²) in [7, 11) is 0. The molecule has 4 aromatic rings. The highest BCUT2D eigenvalue weighted by molar-refractivity contribution is 9.10. The Labute approximate surface area is 169 Å². The molecule has 1 N–H and O–H groups in total. The van der Waals surface area contributed by atoms with Crippen molar-refractivity contribution in [1.82, 2.24) is 5.16 Å². The molecule has 3 aromatic carbocycles. The second-order valence-electron chi connectivity index (χ2n) is 6.47. The van der Waals surface area contributed by atoms with Gasteiger partial charge in [-0.15, -0.1) is 0 Å². The van der Waals surface area contributed by atoms with Crippen molar-refractivity contribution in [1.29, 1.82) is 0 Å². The lowest BCUT2D eigenvalue weighted by Gasteiger charge is -2.18. The molecule has 0 radical (unpaired) electrons. The average molecular weight is 435 g/mol. The Morgan fingerprint density at radius 1 is 1.11 bits per heavy atom. The maximum Gasteiger partial charge on any atom is 0.196 e. The Morgan fingerprint density at radius 2 is 1.86 bits per heavy atom. The topological polar surface area (TPSA) is 64.4 Å². The van der Waals surface area contributed by atoms with Crippen LogP contribution in [0.4, 0.5) is 11.4 Å². The SMILES string of the molecule is CCOc1ccc(Nc2cc(Br)c3noc4c3c2C(=O)c2ccccc2-4)cc1. The number of carbonyl (C=O) groups excluding carboxylic acids is 1. The van der Waals surface area contributed by atoms with Crippen molar-refractivity contribution in [3.05, 3.63) is 70.2 Å². The van der Waals surface area contributed by atoms with Crippen LogP contribution < -0.4 is 10.1 Å². The minimum atomic E-state index is -0.0442. The highest BCUT2D eigenvalue weighted by Gasteiger charge is 2.32. The van der Waals surface area contributed by atoms with Crippen LogP contribution >= 0.6 is 15.9 Å². The van der Waals surface area contributed by atoms with Crippen LogP contribution in [-0.4, -0.2) is 17.5 Å². The first-order valence-corrected chi connectivity index (χ1v) is 9.72. The number of hydrogen-bond donors (Lipinski definition) is 1. The Balaban J connectivity index is 1.67. The van der Waals surface area contributed by atoms with E-state index in [2.05, 4.69) is 26.4 Å². The summed E-state index contributed by atoms with van der Waals surface area (Å²) in [5, 5.41) is 8.28. The smallest absolute Gasteiger partial charge is 0.196 e. The van der Waals surface area contributed by atoms with Gasteiger partial charge in [-0.2, -0.15) is 0 Å². The molecule has 0 unspecified atom stereocenters. The van der Waals surface area contributed by atoms with Crippen molar-refractivity contribution in [2.45, 2.75) is 6.92 Å². The molecule has 138 valence electrons. The van der Waals surface area contributed by atoms with Gasteiger partial charge in [0.25, 0.3) is 0 Å². The molecule has 0 saturated carbocycles. The summed E-state index contributed by atoms with van der Waals surface area (Å²) in [6, 6.07) is 17.0. The van der Waals surface area contributed by atoms with Crippen LogP contribution in [0.3, 0.4) is 0 Å². The fraction of sp³-hybridized carbons (Fsp3) is 0.0909. The Kier molecular flexibility index (Phi) is 3.94. The second-order valence-corrected chi connectivity index (χ2v) is 7.33. The number of fused-ring (bicyclic) bond motifs is 2. The van der Waals surface area contributed by atoms with Crippen LogP contribution in [0.25, 0.3) is 22.2 Å². The van der Waals surface area contributed by atoms with Crippen LogP contribution in [-0.2, 0) is 0 Å². The predicted octanol–water partition coefficient (Wildman–Crippen LogP) is 5.94. The van der Waals surface area contributed by atoms with E-state index in [4.69, 9.17) is 9.26 Å². The monoisotopic (exact) mass is 434 g/mol. The Hall–Kier alpha value is -3.12. The summed E-state index contributed by atoms with van der Waals surface area (Å²) in [5.41, 5.74) is 4.16. The lowest BCUT2D eigenvalue weighted by atomic mass is 9.87. The molecule has 5 nitrogen and oxygen atoms in total. The molecule has 0 atom stereocenters. The second kappa shape index (κ2) is 6.49. The maximum absolute atomic E-state index is 13.3. The number of nitrogens with zero attached hydrogens (tertiary/aromatic N) is 1. The zero-order chi connectivity index (χ0) is 19.3. The number of halogens is 1. The molecule has 28 heavy (non-hydrogen) atoms. The summed E-state index contributed by atoms with van der Waals surface area (Å²) in [6.07, 6.45) is 0. The highest BCUT2D eigenvalue weighted by Crippen LogP contribution is 2.45. The lowest BCUT2D eigenvalue weighted by molar-refractivity contribution is 0.104. The molecule has 6 heteroatoms. The molecule has 1 heterocycles. The van der Waals surface area contributed by atoms with Crippen molar-refractivity contribution in [2.24, 2.45) is 0 Å². The third kappa shape index (κ3) is 2.52. The van der Waals surface area contributed by atoms with E-state index in [1.807, 2.05) is 61.5 Å². The van der Waals surface area contributed by atoms with Gasteiger partial charge in [0.1, 0.15) is 11.3 Å². The van der Waals surface area contributed by atoms with E-state index in [-0.39, 0.29) is 5.78 Å². The number of rotatable bonds is 4. The molecular weight excluding hydrogens is 420 g/mol. The quantitative estimate of drug-likeness (QED) is 0.378. The van der Waals surface area contributed by atoms with Gasteiger partial charge in [0.2, 0.25) is 0 Å². The number of carbonyl (C=O) groups is 1. The highest BCUT2D eigenvalue weighted by atomic mass is 79.9. The van der Waals surface area contributed by atoms with Crippen LogP contribution in [0.15, 0.2) is 63.6 Å². The molecular formula is C22H15BrN2O3. The first-order valence-electron chi connectivity index (χ1n) is 8.93. The van der Waals surface area contributed by atoms with E-state index in [0.717, 1.165) is 26.9 Å². The van der Waals surface area contributed by atoms with E-state index in [9.17, 15) is 4.79 Å². The lowest BCUT2D eigenvalue weighted by Crippen LogP contribution is -2.11. The molecule has 5 rings (SSSR count). The number of aromatic nitrogens is 1. The number of nitrogens with one attached hydrogen (secondary N) is 1. The number of ether oxygens (including phenoxy) is 1. The average Bonchev–Trinajstić information content (AvgIpc) is 3.15. The standard InChI is InChI=1S/C22H15BrN2O3/c1-2-27-13-9-7-12(8-10-13)24-17-11-16(23)20-19-18(17)21(26)14-5-3-4-6-15(14)22(19)28-25-20/h3-11,24H,2H2,1H3. The maximum atomic E-state index is 13.3. The molecule has 0 bridgehead atoms. The zero-order valence-electron chi connectivity index (χ0n) is 15.0. The molecule has 0 amide bonds. The van der Waals surface area contributed by atoms with Gasteiger partial charge in [-0.25, -0.2) is 0 Å². The van der Waals surface area contributed by atoms with Gasteiger partial charge < -0.3 is 14.6 Å². The van der Waals surface area contributed by atoms with E-state index in [0.29, 0.717) is 34.7 Å². The first kappa shape index (κ1) is 17.0. The zero-order valence-corrected chi connectivity index (χ0v) is 16.5. The van der Waals surface area contributed by atoms with Crippen molar-refractivity contribution in [3.63, 3.8) is 0 Å². The minimum absolute atomic E-state index is 0.0442. The van der Waals surface area contributed by atoms with E-state index in [1.165, 1.54) is 0 Å². The number of benzene rings is 3. The molecule has 0 aliphatic heterocycles. The minimum Gasteiger partial charge on any atom is -0.494 e. The first-order chi connectivity index (χ1) is 13.7. The third-order valence-corrected chi connectivity index (χ3v) is 5.40. The van der Waals surface area contributed by atoms with Gasteiger partial charge in [0, 0.05) is 21.3 Å². The van der Waals surface area contributed by atoms with E-state index >= 15 is 0 Å². The van der Waals surface area contributed by atoms with E-state index < -0.39 is 0 Å². The number of hydrogen-bond acceptors (Lipinski definition) is 5. The summed E-state index contributed by atoms with van der Waals surface area (Å²) in [4.78, 5) is 13.3. The van der Waals surface area contributed by atoms with Crippen LogP contribution in [0, 0.1) is 0 Å². The van der Waals surface area contributed by atoms with Gasteiger partial charge in [0.15, 0.2) is 11.5 Å². The largest absolute Gasteiger partial charge is 0.494 e. The normalized spacial score (nSPS) is 12.1. The number of anilines is 2. The fourth-order valence-electron chi connectivity index (χ4n) is 3.58. The summed E-state index contributed by atoms with van der Waals surface area (Å²) in [6.45, 7) is 2.56. The molecule has 1 aliphatic rings. The van der Waals surface area contributed by atoms with E-state index in [1.54, 1.807) is 0 Å². The fourth-order valence-corrected chi connectivity index (χ4v) is 4.08. The summed E-state index contributed by atoms with van der Waals surface area (Å²) in [5.74, 6) is 1.38. The molecule has 0 fully saturated rings. The van der Waals surface area contributed by atoms with Crippen molar-refractivity contribution in [3.8, 4) is 17.1 Å². The van der Waals surface area contributed by atoms with Gasteiger partial charge in [-0.05, 0) is 53.2 Å². The van der Waals surface area contributed by atoms with Crippen LogP contribution in [0.5, 0.6) is 5.75 Å². The molecule has 0 spiro atoms. The summed E-state index contributed by atoms with van der Waals surface area (Å²) >= 11 is 3.56. The predicted molar refractivity (Wildman–Crippen MR) is 111 cm³/mol. The van der Waals surface area contributed by atoms with Crippen LogP contribution in [0.2, 0.25) is 0 Å². The number of ketones is 1. The summed E-state index contributed by atoms with van der Waals surface area (Å²) < 4.78 is 11.9. The van der Waals surface area contributed by atoms with Gasteiger partial charge in [-0.1, -0.05) is 29.4 Å². The third-order valence-electron chi connectivity index (χ3n) is 4.80. The van der Waals surface area contributed by atoms with Crippen molar-refractivity contribution in [2.75, 3.05) is 11.9 Å². The molecule has 0 saturated heterocycles. The van der Waals surface area contributed by atoms with Crippen LogP contribution in [0.1, 0.15) is 22.8 Å². The van der Waals surface area contributed by atoms with Crippen molar-refractivity contribution >= 4 is 44.0 Å². The van der Waals surface area contributed by atoms with Gasteiger partial charge >= 0.3 is 0 Å². The Bertz CT molecular complexity index is 1230. The molecule has 1 aromatic heterocycles. The molecule has 1 aliphatic carbocycles. The van der Waals surface area contributed by atoms with Crippen molar-refractivity contribution < 1.29 is 14.1 Å². The van der Waals surface area contributed by atoms with Gasteiger partial charge in [0.05, 0.1) is 23.2 Å².